The number of likely N-dealkylation sites (N-methyl/N-ethyl adjacent to an activating group) is 1. The Labute approximate surface area is 102 Å². The minimum absolute atomic E-state index is 0.0395. The number of carboxylic acids is 1. The largest absolute Gasteiger partial charge is 0.480 e. The minimum atomic E-state index is -0.813. The standard InChI is InChI=1S/C12H21N3O2/c1-4-11(5-2)15-7-6-10(13-15)8-14(3)9-12(16)17/h6-7,11H,4-5,8-9H2,1-3H3,(H,16,17). The zero-order chi connectivity index (χ0) is 12.8. The molecule has 5 nitrogen and oxygen atoms in total. The van der Waals surface area contributed by atoms with Gasteiger partial charge in [0.05, 0.1) is 18.3 Å². The molecule has 5 heteroatoms. The molecule has 17 heavy (non-hydrogen) atoms. The Morgan fingerprint density at radius 1 is 1.53 bits per heavy atom. The van der Waals surface area contributed by atoms with Crippen LogP contribution in [0.3, 0.4) is 0 Å². The third kappa shape index (κ3) is 4.19. The van der Waals surface area contributed by atoms with Crippen molar-refractivity contribution in [2.24, 2.45) is 0 Å². The number of carboxylic acid groups (broad SMARTS) is 1. The summed E-state index contributed by atoms with van der Waals surface area (Å²) in [6.45, 7) is 4.90. The van der Waals surface area contributed by atoms with Crippen LogP contribution in [-0.4, -0.2) is 39.3 Å². The Morgan fingerprint density at radius 3 is 2.71 bits per heavy atom. The van der Waals surface area contributed by atoms with Gasteiger partial charge >= 0.3 is 5.97 Å². The van der Waals surface area contributed by atoms with Crippen LogP contribution in [0, 0.1) is 0 Å². The van der Waals surface area contributed by atoms with Crippen LogP contribution in [0.1, 0.15) is 38.4 Å². The van der Waals surface area contributed by atoms with Gasteiger partial charge in [-0.2, -0.15) is 5.10 Å². The van der Waals surface area contributed by atoms with Crippen molar-refractivity contribution < 1.29 is 9.90 Å². The topological polar surface area (TPSA) is 58.4 Å². The van der Waals surface area contributed by atoms with Crippen LogP contribution in [0.25, 0.3) is 0 Å². The van der Waals surface area contributed by atoms with Crippen molar-refractivity contribution in [3.8, 4) is 0 Å². The van der Waals surface area contributed by atoms with Gasteiger partial charge in [0.2, 0.25) is 0 Å². The molecule has 0 amide bonds. The first-order chi connectivity index (χ1) is 8.06. The summed E-state index contributed by atoms with van der Waals surface area (Å²) in [5.41, 5.74) is 0.917. The van der Waals surface area contributed by atoms with Crippen molar-refractivity contribution >= 4 is 5.97 Å². The van der Waals surface area contributed by atoms with Crippen molar-refractivity contribution in [1.82, 2.24) is 14.7 Å². The summed E-state index contributed by atoms with van der Waals surface area (Å²) in [5, 5.41) is 13.1. The molecular formula is C12H21N3O2. The Kier molecular flexibility index (Phi) is 5.15. The fourth-order valence-electron chi connectivity index (χ4n) is 1.89. The van der Waals surface area contributed by atoms with Gasteiger partial charge < -0.3 is 5.11 Å². The van der Waals surface area contributed by atoms with Gasteiger partial charge in [0.25, 0.3) is 0 Å². The van der Waals surface area contributed by atoms with E-state index in [1.165, 1.54) is 0 Å². The summed E-state index contributed by atoms with van der Waals surface area (Å²) in [5.74, 6) is -0.813. The summed E-state index contributed by atoms with van der Waals surface area (Å²) in [6, 6.07) is 2.39. The van der Waals surface area contributed by atoms with E-state index in [1.54, 1.807) is 11.9 Å². The second-order valence-electron chi connectivity index (χ2n) is 4.32. The zero-order valence-electron chi connectivity index (χ0n) is 10.8. The minimum Gasteiger partial charge on any atom is -0.480 e. The molecule has 0 saturated heterocycles. The molecule has 0 bridgehead atoms. The average molecular weight is 239 g/mol. The van der Waals surface area contributed by atoms with E-state index in [-0.39, 0.29) is 6.54 Å². The second kappa shape index (κ2) is 6.39. The third-order valence-corrected chi connectivity index (χ3v) is 2.82. The predicted molar refractivity (Wildman–Crippen MR) is 65.8 cm³/mol. The number of carbonyl (C=O) groups is 1. The van der Waals surface area contributed by atoms with Gasteiger partial charge in [-0.3, -0.25) is 14.4 Å². The highest BCUT2D eigenvalue weighted by Gasteiger charge is 2.10. The van der Waals surface area contributed by atoms with E-state index in [0.29, 0.717) is 12.6 Å². The molecule has 1 aromatic heterocycles. The van der Waals surface area contributed by atoms with Gasteiger partial charge in [-0.15, -0.1) is 0 Å². The van der Waals surface area contributed by atoms with Crippen molar-refractivity contribution in [3.63, 3.8) is 0 Å². The molecule has 1 rings (SSSR count). The molecule has 1 heterocycles. The maximum absolute atomic E-state index is 10.5. The van der Waals surface area contributed by atoms with Crippen LogP contribution in [0.4, 0.5) is 0 Å². The second-order valence-corrected chi connectivity index (χ2v) is 4.32. The lowest BCUT2D eigenvalue weighted by molar-refractivity contribution is -0.138. The van der Waals surface area contributed by atoms with Gasteiger partial charge in [-0.1, -0.05) is 13.8 Å². The summed E-state index contributed by atoms with van der Waals surface area (Å²) in [6.07, 6.45) is 4.09. The number of hydrogen-bond donors (Lipinski definition) is 1. The number of aromatic nitrogens is 2. The number of hydrogen-bond acceptors (Lipinski definition) is 3. The Bertz CT molecular complexity index is 358. The molecule has 0 spiro atoms. The summed E-state index contributed by atoms with van der Waals surface area (Å²) >= 11 is 0. The Morgan fingerprint density at radius 2 is 2.18 bits per heavy atom. The highest BCUT2D eigenvalue weighted by atomic mass is 16.4. The smallest absolute Gasteiger partial charge is 0.317 e. The van der Waals surface area contributed by atoms with Crippen molar-refractivity contribution in [3.05, 3.63) is 18.0 Å². The van der Waals surface area contributed by atoms with Crippen LogP contribution < -0.4 is 0 Å². The van der Waals surface area contributed by atoms with Crippen molar-refractivity contribution in [2.45, 2.75) is 39.3 Å². The van der Waals surface area contributed by atoms with Gasteiger partial charge in [0, 0.05) is 12.7 Å². The molecule has 0 aliphatic carbocycles. The molecule has 0 saturated carbocycles. The fourth-order valence-corrected chi connectivity index (χ4v) is 1.89. The Hall–Kier alpha value is -1.36. The van der Waals surface area contributed by atoms with E-state index >= 15 is 0 Å². The number of rotatable bonds is 7. The summed E-state index contributed by atoms with van der Waals surface area (Å²) < 4.78 is 1.98. The molecule has 1 aromatic rings. The maximum Gasteiger partial charge on any atom is 0.317 e. The first-order valence-electron chi connectivity index (χ1n) is 6.01. The predicted octanol–water partition coefficient (Wildman–Crippen LogP) is 1.76. The van der Waals surface area contributed by atoms with E-state index in [9.17, 15) is 4.79 Å². The fraction of sp³-hybridized carbons (Fsp3) is 0.667. The normalized spacial score (nSPS) is 11.4. The molecule has 0 atom stereocenters. The SMILES string of the molecule is CCC(CC)n1ccc(CN(C)CC(=O)O)n1. The molecule has 0 aliphatic rings. The lowest BCUT2D eigenvalue weighted by Gasteiger charge is -2.14. The molecule has 0 radical (unpaired) electrons. The van der Waals surface area contributed by atoms with Gasteiger partial charge in [0.1, 0.15) is 0 Å². The van der Waals surface area contributed by atoms with E-state index < -0.39 is 5.97 Å². The quantitative estimate of drug-likeness (QED) is 0.787. The average Bonchev–Trinajstić information content (AvgIpc) is 2.67. The lowest BCUT2D eigenvalue weighted by atomic mass is 10.2. The van der Waals surface area contributed by atoms with Crippen LogP contribution in [0.5, 0.6) is 0 Å². The number of aliphatic carboxylic acids is 1. The lowest BCUT2D eigenvalue weighted by Crippen LogP contribution is -2.25. The van der Waals surface area contributed by atoms with Crippen LogP contribution in [-0.2, 0) is 11.3 Å². The molecule has 0 aliphatic heterocycles. The first-order valence-corrected chi connectivity index (χ1v) is 6.01. The van der Waals surface area contributed by atoms with E-state index in [1.807, 2.05) is 16.9 Å². The molecule has 96 valence electrons. The van der Waals surface area contributed by atoms with Crippen LogP contribution in [0.15, 0.2) is 12.3 Å². The van der Waals surface area contributed by atoms with E-state index in [4.69, 9.17) is 5.11 Å². The summed E-state index contributed by atoms with van der Waals surface area (Å²) in [4.78, 5) is 12.3. The Balaban J connectivity index is 2.59. The molecule has 0 fully saturated rings. The third-order valence-electron chi connectivity index (χ3n) is 2.82. The van der Waals surface area contributed by atoms with E-state index in [0.717, 1.165) is 18.5 Å². The van der Waals surface area contributed by atoms with Crippen molar-refractivity contribution in [1.29, 1.82) is 0 Å². The van der Waals surface area contributed by atoms with Gasteiger partial charge in [0.15, 0.2) is 0 Å². The first kappa shape index (κ1) is 13.7. The highest BCUT2D eigenvalue weighted by Crippen LogP contribution is 2.14. The maximum atomic E-state index is 10.5. The molecule has 1 N–H and O–H groups in total. The molecular weight excluding hydrogens is 218 g/mol. The van der Waals surface area contributed by atoms with Crippen LogP contribution >= 0.6 is 0 Å². The molecule has 0 aromatic carbocycles. The zero-order valence-corrected chi connectivity index (χ0v) is 10.8. The number of nitrogens with zero attached hydrogens (tertiary/aromatic N) is 3. The summed E-state index contributed by atoms with van der Waals surface area (Å²) in [7, 11) is 1.78. The monoisotopic (exact) mass is 239 g/mol. The van der Waals surface area contributed by atoms with Crippen molar-refractivity contribution in [2.75, 3.05) is 13.6 Å². The highest BCUT2D eigenvalue weighted by molar-refractivity contribution is 5.68. The van der Waals surface area contributed by atoms with Crippen LogP contribution in [0.2, 0.25) is 0 Å². The molecule has 0 unspecified atom stereocenters. The van der Waals surface area contributed by atoms with Gasteiger partial charge in [-0.05, 0) is 26.0 Å². The van der Waals surface area contributed by atoms with Gasteiger partial charge in [-0.25, -0.2) is 0 Å². The van der Waals surface area contributed by atoms with E-state index in [2.05, 4.69) is 18.9 Å².